The van der Waals surface area contributed by atoms with Gasteiger partial charge in [-0.1, -0.05) is 23.2 Å². The average molecular weight is 465 g/mol. The Labute approximate surface area is 190 Å². The van der Waals surface area contributed by atoms with Crippen LogP contribution in [0.4, 0.5) is 11.4 Å². The van der Waals surface area contributed by atoms with Gasteiger partial charge in [0.2, 0.25) is 5.91 Å². The second-order valence-electron chi connectivity index (χ2n) is 6.66. The van der Waals surface area contributed by atoms with E-state index < -0.39 is 11.9 Å². The maximum atomic E-state index is 12.4. The third-order valence-electron chi connectivity index (χ3n) is 4.68. The molecule has 164 valence electrons. The lowest BCUT2D eigenvalue weighted by atomic mass is 10.1. The molecule has 1 fully saturated rings. The third-order valence-corrected chi connectivity index (χ3v) is 5.18. The molecule has 0 aromatic heterocycles. The Morgan fingerprint density at radius 1 is 1.13 bits per heavy atom. The van der Waals surface area contributed by atoms with Crippen LogP contribution in [0.25, 0.3) is 6.08 Å². The molecule has 2 aromatic rings. The molecular weight excluding hydrogens is 443 g/mol. The summed E-state index contributed by atoms with van der Waals surface area (Å²) >= 11 is 12.2. The maximum absolute atomic E-state index is 12.4. The van der Waals surface area contributed by atoms with Crippen molar-refractivity contribution in [1.82, 2.24) is 0 Å². The number of esters is 1. The minimum absolute atomic E-state index is 0.344. The molecule has 1 saturated heterocycles. The predicted molar refractivity (Wildman–Crippen MR) is 121 cm³/mol. The van der Waals surface area contributed by atoms with Gasteiger partial charge in [0.05, 0.1) is 43.7 Å². The third kappa shape index (κ3) is 5.70. The first kappa shape index (κ1) is 22.9. The number of benzene rings is 2. The van der Waals surface area contributed by atoms with Gasteiger partial charge in [-0.25, -0.2) is 4.79 Å². The summed E-state index contributed by atoms with van der Waals surface area (Å²) in [5.74, 6) is -0.461. The van der Waals surface area contributed by atoms with Gasteiger partial charge in [-0.3, -0.25) is 4.79 Å². The van der Waals surface area contributed by atoms with Gasteiger partial charge in [0.15, 0.2) is 0 Å². The van der Waals surface area contributed by atoms with Crippen molar-refractivity contribution in [2.24, 2.45) is 0 Å². The van der Waals surface area contributed by atoms with Crippen molar-refractivity contribution in [1.29, 1.82) is 0 Å². The Kier molecular flexibility index (Phi) is 7.79. The zero-order valence-corrected chi connectivity index (χ0v) is 18.6. The zero-order valence-electron chi connectivity index (χ0n) is 17.1. The van der Waals surface area contributed by atoms with Crippen molar-refractivity contribution < 1.29 is 23.8 Å². The maximum Gasteiger partial charge on any atom is 0.340 e. The molecule has 1 amide bonds. The van der Waals surface area contributed by atoms with Crippen LogP contribution in [-0.2, 0) is 14.3 Å². The van der Waals surface area contributed by atoms with Crippen molar-refractivity contribution in [3.05, 3.63) is 57.6 Å². The molecule has 0 bridgehead atoms. The number of methoxy groups -OCH3 is 2. The summed E-state index contributed by atoms with van der Waals surface area (Å²) in [5, 5.41) is 3.51. The second kappa shape index (κ2) is 10.5. The van der Waals surface area contributed by atoms with E-state index in [0.29, 0.717) is 58.9 Å². The van der Waals surface area contributed by atoms with Crippen molar-refractivity contribution in [2.75, 3.05) is 50.7 Å². The molecule has 0 spiro atoms. The van der Waals surface area contributed by atoms with Crippen LogP contribution in [0.1, 0.15) is 15.9 Å². The monoisotopic (exact) mass is 464 g/mol. The van der Waals surface area contributed by atoms with Crippen LogP contribution in [0, 0.1) is 0 Å². The highest BCUT2D eigenvalue weighted by Crippen LogP contribution is 2.33. The smallest absolute Gasteiger partial charge is 0.340 e. The fourth-order valence-corrected chi connectivity index (χ4v) is 3.82. The van der Waals surface area contributed by atoms with E-state index in [2.05, 4.69) is 10.2 Å². The molecule has 0 saturated carbocycles. The van der Waals surface area contributed by atoms with Crippen LogP contribution in [0.3, 0.4) is 0 Å². The lowest BCUT2D eigenvalue weighted by Crippen LogP contribution is -2.37. The molecule has 0 aliphatic carbocycles. The lowest BCUT2D eigenvalue weighted by molar-refractivity contribution is -0.111. The number of rotatable bonds is 6. The number of hydrogen-bond donors (Lipinski definition) is 1. The highest BCUT2D eigenvalue weighted by Gasteiger charge is 2.20. The summed E-state index contributed by atoms with van der Waals surface area (Å²) in [6.45, 7) is 2.51. The molecule has 0 unspecified atom stereocenters. The first-order valence-electron chi connectivity index (χ1n) is 9.50. The molecule has 3 rings (SSSR count). The molecule has 1 N–H and O–H groups in total. The zero-order chi connectivity index (χ0) is 22.4. The highest BCUT2D eigenvalue weighted by atomic mass is 35.5. The summed E-state index contributed by atoms with van der Waals surface area (Å²) in [5.41, 5.74) is 2.13. The number of anilines is 2. The van der Waals surface area contributed by atoms with Crippen molar-refractivity contribution in [3.63, 3.8) is 0 Å². The van der Waals surface area contributed by atoms with E-state index in [4.69, 9.17) is 37.4 Å². The van der Waals surface area contributed by atoms with E-state index >= 15 is 0 Å². The van der Waals surface area contributed by atoms with Gasteiger partial charge in [-0.2, -0.15) is 0 Å². The lowest BCUT2D eigenvalue weighted by Gasteiger charge is -2.30. The predicted octanol–water partition coefficient (Wildman–Crippen LogP) is 4.28. The Balaban J connectivity index is 1.80. The van der Waals surface area contributed by atoms with Gasteiger partial charge < -0.3 is 24.4 Å². The van der Waals surface area contributed by atoms with Crippen LogP contribution in [0.15, 0.2) is 36.4 Å². The minimum atomic E-state index is -0.480. The van der Waals surface area contributed by atoms with Gasteiger partial charge in [0.1, 0.15) is 5.75 Å². The number of carbonyl (C=O) groups excluding carboxylic acids is 2. The molecule has 0 atom stereocenters. The van der Waals surface area contributed by atoms with E-state index in [9.17, 15) is 9.59 Å². The van der Waals surface area contributed by atoms with Gasteiger partial charge >= 0.3 is 5.97 Å². The number of nitrogens with zero attached hydrogens (tertiary/aromatic N) is 1. The summed E-state index contributed by atoms with van der Waals surface area (Å²) in [6, 6.07) is 8.32. The van der Waals surface area contributed by atoms with Gasteiger partial charge in [-0.05, 0) is 36.4 Å². The van der Waals surface area contributed by atoms with Crippen LogP contribution in [-0.4, -0.2) is 52.4 Å². The number of morpholine rings is 1. The second-order valence-corrected chi connectivity index (χ2v) is 7.50. The Morgan fingerprint density at radius 3 is 2.55 bits per heavy atom. The van der Waals surface area contributed by atoms with E-state index in [1.807, 2.05) is 0 Å². The average Bonchev–Trinajstić information content (AvgIpc) is 2.77. The van der Waals surface area contributed by atoms with Crippen molar-refractivity contribution in [3.8, 4) is 5.75 Å². The SMILES string of the molecule is COC(=O)c1cc(NC(=O)/C=C/c2cc(Cl)cc(Cl)c2OC)ccc1N1CCOCC1. The first-order chi connectivity index (χ1) is 14.9. The molecule has 1 aliphatic rings. The molecule has 9 heteroatoms. The van der Waals surface area contributed by atoms with E-state index in [0.717, 1.165) is 5.69 Å². The van der Waals surface area contributed by atoms with Crippen LogP contribution in [0.5, 0.6) is 5.75 Å². The van der Waals surface area contributed by atoms with Crippen LogP contribution >= 0.6 is 23.2 Å². The van der Waals surface area contributed by atoms with Gasteiger partial charge in [0.25, 0.3) is 0 Å². The van der Waals surface area contributed by atoms with E-state index in [1.165, 1.54) is 20.3 Å². The largest absolute Gasteiger partial charge is 0.495 e. The van der Waals surface area contributed by atoms with E-state index in [1.54, 1.807) is 36.4 Å². The molecule has 1 aliphatic heterocycles. The fraction of sp³-hybridized carbons (Fsp3) is 0.273. The van der Waals surface area contributed by atoms with Crippen molar-refractivity contribution in [2.45, 2.75) is 0 Å². The minimum Gasteiger partial charge on any atom is -0.495 e. The normalized spacial score (nSPS) is 13.9. The number of amides is 1. The molecule has 31 heavy (non-hydrogen) atoms. The molecule has 7 nitrogen and oxygen atoms in total. The fourth-order valence-electron chi connectivity index (χ4n) is 3.24. The Bertz CT molecular complexity index is 1000. The molecule has 2 aromatic carbocycles. The Morgan fingerprint density at radius 2 is 1.87 bits per heavy atom. The van der Waals surface area contributed by atoms with Crippen LogP contribution < -0.4 is 15.0 Å². The van der Waals surface area contributed by atoms with Crippen molar-refractivity contribution >= 4 is 52.5 Å². The number of halogens is 2. The standard InChI is InChI=1S/C22H22Cl2N2O5/c1-29-21-14(11-15(23)12-18(21)24)3-6-20(27)25-16-4-5-19(17(13-16)22(28)30-2)26-7-9-31-10-8-26/h3-6,11-13H,7-10H2,1-2H3,(H,25,27)/b6-3+. The molecular formula is C22H22Cl2N2O5. The summed E-state index contributed by atoms with van der Waals surface area (Å²) in [6.07, 6.45) is 2.88. The number of nitrogens with one attached hydrogen (secondary N) is 1. The van der Waals surface area contributed by atoms with Crippen LogP contribution in [0.2, 0.25) is 10.0 Å². The molecule has 1 heterocycles. The molecule has 0 radical (unpaired) electrons. The van der Waals surface area contributed by atoms with Gasteiger partial charge in [0, 0.05) is 35.4 Å². The number of carbonyl (C=O) groups is 2. The van der Waals surface area contributed by atoms with Gasteiger partial charge in [-0.15, -0.1) is 0 Å². The Hall–Kier alpha value is -2.74. The summed E-state index contributed by atoms with van der Waals surface area (Å²) < 4.78 is 15.6. The topological polar surface area (TPSA) is 77.1 Å². The highest BCUT2D eigenvalue weighted by molar-refractivity contribution is 6.36. The summed E-state index contributed by atoms with van der Waals surface area (Å²) in [4.78, 5) is 26.8. The number of hydrogen-bond acceptors (Lipinski definition) is 6. The first-order valence-corrected chi connectivity index (χ1v) is 10.3. The summed E-state index contributed by atoms with van der Waals surface area (Å²) in [7, 11) is 2.81. The quantitative estimate of drug-likeness (QED) is 0.507. The number of ether oxygens (including phenoxy) is 3. The van der Waals surface area contributed by atoms with E-state index in [-0.39, 0.29) is 0 Å².